The number of pyridine rings is 1. The van der Waals surface area contributed by atoms with E-state index >= 15 is 0 Å². The second-order valence-electron chi connectivity index (χ2n) is 2.70. The van der Waals surface area contributed by atoms with Gasteiger partial charge in [-0.2, -0.15) is 5.26 Å². The van der Waals surface area contributed by atoms with E-state index in [1.807, 2.05) is 6.07 Å². The number of nitrogen functional groups attached to an aromatic ring is 1. The van der Waals surface area contributed by atoms with Crippen molar-refractivity contribution >= 4 is 17.5 Å². The summed E-state index contributed by atoms with van der Waals surface area (Å²) in [5.41, 5.74) is 6.29. The van der Waals surface area contributed by atoms with Crippen molar-refractivity contribution in [3.63, 3.8) is 0 Å². The Morgan fingerprint density at radius 2 is 2.53 bits per heavy atom. The molecule has 1 aromatic rings. The number of carbonyl (C=O) groups is 1. The zero-order valence-corrected chi connectivity index (χ0v) is 8.15. The van der Waals surface area contributed by atoms with Gasteiger partial charge in [-0.05, 0) is 6.07 Å². The van der Waals surface area contributed by atoms with E-state index in [4.69, 9.17) is 11.0 Å². The van der Waals surface area contributed by atoms with Crippen LogP contribution in [0.5, 0.6) is 0 Å². The molecule has 78 valence electrons. The number of nitrogens with zero attached hydrogens (tertiary/aromatic N) is 2. The van der Waals surface area contributed by atoms with Crippen molar-refractivity contribution in [2.75, 3.05) is 24.7 Å². The topological polar surface area (TPSA) is 101 Å². The van der Waals surface area contributed by atoms with E-state index in [1.165, 1.54) is 19.4 Å². The molecule has 3 N–H and O–H groups in total. The first-order chi connectivity index (χ1) is 7.17. The van der Waals surface area contributed by atoms with Gasteiger partial charge in [0.1, 0.15) is 18.4 Å². The second kappa shape index (κ2) is 4.81. The molecule has 0 radical (unpaired) electrons. The maximum Gasteiger partial charge on any atom is 0.325 e. The molecular formula is C9H10N4O2. The lowest BCUT2D eigenvalue weighted by atomic mass is 10.3. The molecule has 0 amide bonds. The summed E-state index contributed by atoms with van der Waals surface area (Å²) in [5, 5.41) is 11.3. The van der Waals surface area contributed by atoms with E-state index in [1.54, 1.807) is 0 Å². The highest BCUT2D eigenvalue weighted by molar-refractivity contribution is 5.76. The highest BCUT2D eigenvalue weighted by Gasteiger charge is 2.04. The molecule has 0 saturated heterocycles. The molecule has 0 fully saturated rings. The normalized spacial score (nSPS) is 9.07. The summed E-state index contributed by atoms with van der Waals surface area (Å²) in [5.74, 6) is -0.0556. The molecule has 6 nitrogen and oxygen atoms in total. The summed E-state index contributed by atoms with van der Waals surface area (Å²) in [6.45, 7) is -0.0143. The van der Waals surface area contributed by atoms with E-state index in [0.717, 1.165) is 0 Å². The molecule has 6 heteroatoms. The first kappa shape index (κ1) is 10.8. The van der Waals surface area contributed by atoms with Crippen LogP contribution in [0.15, 0.2) is 12.3 Å². The molecule has 0 unspecified atom stereocenters. The minimum absolute atomic E-state index is 0.0143. The maximum atomic E-state index is 10.8. The van der Waals surface area contributed by atoms with Gasteiger partial charge in [-0.15, -0.1) is 0 Å². The van der Waals surface area contributed by atoms with Gasteiger partial charge in [0.25, 0.3) is 0 Å². The van der Waals surface area contributed by atoms with Gasteiger partial charge >= 0.3 is 5.97 Å². The Balaban J connectivity index is 2.71. The Morgan fingerprint density at radius 3 is 3.07 bits per heavy atom. The van der Waals surface area contributed by atoms with Crippen LogP contribution in [0.25, 0.3) is 0 Å². The van der Waals surface area contributed by atoms with Gasteiger partial charge in [-0.25, -0.2) is 4.98 Å². The van der Waals surface area contributed by atoms with Gasteiger partial charge in [0.05, 0.1) is 18.4 Å². The van der Waals surface area contributed by atoms with Gasteiger partial charge in [0, 0.05) is 6.20 Å². The van der Waals surface area contributed by atoms with Crippen molar-refractivity contribution in [2.24, 2.45) is 0 Å². The Morgan fingerprint density at radius 1 is 1.80 bits per heavy atom. The Hall–Kier alpha value is -2.29. The zero-order chi connectivity index (χ0) is 11.3. The first-order valence-corrected chi connectivity index (χ1v) is 4.13. The lowest BCUT2D eigenvalue weighted by Gasteiger charge is -2.06. The number of methoxy groups -OCH3 is 1. The van der Waals surface area contributed by atoms with Crippen molar-refractivity contribution in [2.45, 2.75) is 0 Å². The van der Waals surface area contributed by atoms with Crippen LogP contribution in [0.3, 0.4) is 0 Å². The molecule has 0 aliphatic rings. The number of anilines is 2. The van der Waals surface area contributed by atoms with E-state index in [2.05, 4.69) is 15.0 Å². The molecule has 0 atom stereocenters. The lowest BCUT2D eigenvalue weighted by Crippen LogP contribution is -2.16. The largest absolute Gasteiger partial charge is 0.468 e. The number of rotatable bonds is 3. The number of nitrogens with two attached hydrogens (primary N) is 1. The highest BCUT2D eigenvalue weighted by atomic mass is 16.5. The summed E-state index contributed by atoms with van der Waals surface area (Å²) in [6, 6.07) is 3.39. The molecule has 0 bridgehead atoms. The molecule has 0 aliphatic heterocycles. The molecule has 0 aliphatic carbocycles. The number of hydrogen-bond acceptors (Lipinski definition) is 6. The highest BCUT2D eigenvalue weighted by Crippen LogP contribution is 2.15. The second-order valence-corrected chi connectivity index (χ2v) is 2.70. The maximum absolute atomic E-state index is 10.8. The predicted molar refractivity (Wildman–Crippen MR) is 53.9 cm³/mol. The standard InChI is InChI=1S/C9H10N4O2/c1-15-8(14)5-13-9-7(11)2-6(3-10)4-12-9/h2,4H,5,11H2,1H3,(H,12,13). The number of nitriles is 1. The average Bonchev–Trinajstić information content (AvgIpc) is 2.26. The van der Waals surface area contributed by atoms with E-state index in [9.17, 15) is 4.79 Å². The van der Waals surface area contributed by atoms with Crippen LogP contribution in [0.1, 0.15) is 5.56 Å². The van der Waals surface area contributed by atoms with Crippen molar-refractivity contribution in [3.05, 3.63) is 17.8 Å². The van der Waals surface area contributed by atoms with Crippen LogP contribution >= 0.6 is 0 Å². The van der Waals surface area contributed by atoms with Crippen LogP contribution < -0.4 is 11.1 Å². The lowest BCUT2D eigenvalue weighted by molar-refractivity contribution is -0.138. The van der Waals surface area contributed by atoms with Gasteiger partial charge in [0.2, 0.25) is 0 Å². The number of nitrogens with one attached hydrogen (secondary N) is 1. The minimum atomic E-state index is -0.416. The molecular weight excluding hydrogens is 196 g/mol. The van der Waals surface area contributed by atoms with Crippen LogP contribution in [-0.2, 0) is 9.53 Å². The van der Waals surface area contributed by atoms with E-state index in [-0.39, 0.29) is 6.54 Å². The van der Waals surface area contributed by atoms with E-state index in [0.29, 0.717) is 17.1 Å². The van der Waals surface area contributed by atoms with Gasteiger partial charge in [-0.1, -0.05) is 0 Å². The average molecular weight is 206 g/mol. The molecule has 15 heavy (non-hydrogen) atoms. The van der Waals surface area contributed by atoms with Gasteiger partial charge in [-0.3, -0.25) is 4.79 Å². The zero-order valence-electron chi connectivity index (χ0n) is 8.15. The SMILES string of the molecule is COC(=O)CNc1ncc(C#N)cc1N. The fourth-order valence-electron chi connectivity index (χ4n) is 0.919. The van der Waals surface area contributed by atoms with Gasteiger partial charge in [0.15, 0.2) is 0 Å². The molecule has 0 aromatic carbocycles. The number of ether oxygens (including phenoxy) is 1. The molecule has 1 rings (SSSR count). The summed E-state index contributed by atoms with van der Waals surface area (Å²) < 4.78 is 4.43. The summed E-state index contributed by atoms with van der Waals surface area (Å²) >= 11 is 0. The number of carbonyl (C=O) groups excluding carboxylic acids is 1. The van der Waals surface area contributed by atoms with Crippen LogP contribution in [-0.4, -0.2) is 24.6 Å². The smallest absolute Gasteiger partial charge is 0.325 e. The third-order valence-electron chi connectivity index (χ3n) is 1.67. The fraction of sp³-hybridized carbons (Fsp3) is 0.222. The third kappa shape index (κ3) is 2.84. The fourth-order valence-corrected chi connectivity index (χ4v) is 0.919. The predicted octanol–water partition coefficient (Wildman–Crippen LogP) is 0.120. The van der Waals surface area contributed by atoms with Crippen LogP contribution in [0.4, 0.5) is 11.5 Å². The summed E-state index contributed by atoms with van der Waals surface area (Å²) in [6.07, 6.45) is 1.37. The molecule has 0 saturated carbocycles. The van der Waals surface area contributed by atoms with Crippen molar-refractivity contribution in [1.82, 2.24) is 4.98 Å². The monoisotopic (exact) mass is 206 g/mol. The molecule has 1 aromatic heterocycles. The van der Waals surface area contributed by atoms with Gasteiger partial charge < -0.3 is 15.8 Å². The number of aromatic nitrogens is 1. The number of esters is 1. The van der Waals surface area contributed by atoms with Crippen LogP contribution in [0.2, 0.25) is 0 Å². The Labute approximate surface area is 86.7 Å². The summed E-state index contributed by atoms with van der Waals surface area (Å²) in [4.78, 5) is 14.7. The first-order valence-electron chi connectivity index (χ1n) is 4.13. The summed E-state index contributed by atoms with van der Waals surface area (Å²) in [7, 11) is 1.29. The van der Waals surface area contributed by atoms with E-state index < -0.39 is 5.97 Å². The van der Waals surface area contributed by atoms with Crippen molar-refractivity contribution in [1.29, 1.82) is 5.26 Å². The quantitative estimate of drug-likeness (QED) is 0.681. The number of hydrogen-bond donors (Lipinski definition) is 2. The van der Waals surface area contributed by atoms with Crippen molar-refractivity contribution in [3.8, 4) is 6.07 Å². The van der Waals surface area contributed by atoms with Crippen molar-refractivity contribution < 1.29 is 9.53 Å². The Bertz CT molecular complexity index is 411. The minimum Gasteiger partial charge on any atom is -0.468 e. The molecule has 0 spiro atoms. The van der Waals surface area contributed by atoms with Crippen LogP contribution in [0, 0.1) is 11.3 Å². The third-order valence-corrected chi connectivity index (χ3v) is 1.67. The molecule has 1 heterocycles. The Kier molecular flexibility index (Phi) is 3.46.